The minimum absolute atomic E-state index is 0.170. The van der Waals surface area contributed by atoms with Gasteiger partial charge in [0.2, 0.25) is 0 Å². The number of hydrogen-bond acceptors (Lipinski definition) is 4. The Hall–Kier alpha value is -2.73. The standard InChI is InChI=1S/C17H17ClN2O4/c1-23-14-6-4-3-5-11(14)10-19-16(21)17(22)20-13-9-12(18)7-8-15(13)24-2/h3-9H,10H2,1-2H3,(H,19,21)(H,20,22). The van der Waals surface area contributed by atoms with Gasteiger partial charge in [-0.05, 0) is 24.3 Å². The molecule has 0 aromatic heterocycles. The van der Waals surface area contributed by atoms with Crippen molar-refractivity contribution in [1.82, 2.24) is 5.32 Å². The number of carbonyl (C=O) groups is 2. The summed E-state index contributed by atoms with van der Waals surface area (Å²) in [6.45, 7) is 0.170. The van der Waals surface area contributed by atoms with Crippen LogP contribution in [0.15, 0.2) is 42.5 Å². The van der Waals surface area contributed by atoms with Crippen LogP contribution in [0.2, 0.25) is 5.02 Å². The summed E-state index contributed by atoms with van der Waals surface area (Å²) in [6, 6.07) is 12.0. The second-order valence-electron chi connectivity index (χ2n) is 4.79. The number of para-hydroxylation sites is 1. The number of amides is 2. The predicted octanol–water partition coefficient (Wildman–Crippen LogP) is 2.61. The quantitative estimate of drug-likeness (QED) is 0.814. The number of anilines is 1. The molecule has 2 amide bonds. The summed E-state index contributed by atoms with van der Waals surface area (Å²) >= 11 is 5.89. The zero-order valence-electron chi connectivity index (χ0n) is 13.3. The number of halogens is 1. The molecule has 0 bridgehead atoms. The van der Waals surface area contributed by atoms with E-state index in [-0.39, 0.29) is 6.54 Å². The molecule has 0 saturated heterocycles. The van der Waals surface area contributed by atoms with Gasteiger partial charge in [-0.25, -0.2) is 0 Å². The van der Waals surface area contributed by atoms with Crippen LogP contribution in [-0.4, -0.2) is 26.0 Å². The van der Waals surface area contributed by atoms with Gasteiger partial charge < -0.3 is 20.1 Å². The van der Waals surface area contributed by atoms with E-state index in [9.17, 15) is 9.59 Å². The van der Waals surface area contributed by atoms with Crippen LogP contribution in [0.5, 0.6) is 11.5 Å². The number of nitrogens with one attached hydrogen (secondary N) is 2. The first-order valence-electron chi connectivity index (χ1n) is 7.09. The minimum Gasteiger partial charge on any atom is -0.496 e. The van der Waals surface area contributed by atoms with E-state index in [1.54, 1.807) is 31.4 Å². The van der Waals surface area contributed by atoms with E-state index in [0.717, 1.165) is 5.56 Å². The number of rotatable bonds is 5. The molecular formula is C17H17ClN2O4. The van der Waals surface area contributed by atoms with Crippen molar-refractivity contribution >= 4 is 29.1 Å². The Morgan fingerprint density at radius 2 is 1.71 bits per heavy atom. The minimum atomic E-state index is -0.814. The Morgan fingerprint density at radius 1 is 1.00 bits per heavy atom. The van der Waals surface area contributed by atoms with Crippen LogP contribution in [0.25, 0.3) is 0 Å². The van der Waals surface area contributed by atoms with Crippen LogP contribution in [0.3, 0.4) is 0 Å². The smallest absolute Gasteiger partial charge is 0.313 e. The van der Waals surface area contributed by atoms with Gasteiger partial charge in [-0.1, -0.05) is 29.8 Å². The van der Waals surface area contributed by atoms with Crippen molar-refractivity contribution < 1.29 is 19.1 Å². The third kappa shape index (κ3) is 4.39. The highest BCUT2D eigenvalue weighted by molar-refractivity contribution is 6.40. The van der Waals surface area contributed by atoms with Crippen molar-refractivity contribution in [2.45, 2.75) is 6.54 Å². The molecule has 0 aliphatic carbocycles. The highest BCUT2D eigenvalue weighted by atomic mass is 35.5. The van der Waals surface area contributed by atoms with Gasteiger partial charge in [0.15, 0.2) is 0 Å². The van der Waals surface area contributed by atoms with Crippen molar-refractivity contribution in [2.75, 3.05) is 19.5 Å². The summed E-state index contributed by atoms with van der Waals surface area (Å²) in [5.74, 6) is -0.548. The Morgan fingerprint density at radius 3 is 2.42 bits per heavy atom. The van der Waals surface area contributed by atoms with Gasteiger partial charge in [-0.3, -0.25) is 9.59 Å². The normalized spacial score (nSPS) is 9.96. The van der Waals surface area contributed by atoms with Gasteiger partial charge in [0.1, 0.15) is 11.5 Å². The second kappa shape index (κ2) is 8.21. The molecule has 0 unspecified atom stereocenters. The molecule has 7 heteroatoms. The molecule has 0 heterocycles. The van der Waals surface area contributed by atoms with Gasteiger partial charge in [-0.15, -0.1) is 0 Å². The largest absolute Gasteiger partial charge is 0.496 e. The van der Waals surface area contributed by atoms with E-state index in [1.807, 2.05) is 12.1 Å². The maximum absolute atomic E-state index is 12.0. The zero-order valence-corrected chi connectivity index (χ0v) is 14.0. The second-order valence-corrected chi connectivity index (χ2v) is 5.23. The Balaban J connectivity index is 2.00. The Bertz CT molecular complexity index is 749. The van der Waals surface area contributed by atoms with Gasteiger partial charge in [0.25, 0.3) is 0 Å². The van der Waals surface area contributed by atoms with Gasteiger partial charge in [0, 0.05) is 17.1 Å². The lowest BCUT2D eigenvalue weighted by molar-refractivity contribution is -0.136. The molecule has 0 aliphatic rings. The summed E-state index contributed by atoms with van der Waals surface area (Å²) in [4.78, 5) is 24.0. The molecule has 6 nitrogen and oxygen atoms in total. The van der Waals surface area contributed by atoms with Crippen LogP contribution < -0.4 is 20.1 Å². The van der Waals surface area contributed by atoms with Crippen LogP contribution in [0, 0.1) is 0 Å². The lowest BCUT2D eigenvalue weighted by Gasteiger charge is -2.11. The van der Waals surface area contributed by atoms with Crippen molar-refractivity contribution in [1.29, 1.82) is 0 Å². The lowest BCUT2D eigenvalue weighted by Crippen LogP contribution is -2.35. The first-order valence-corrected chi connectivity index (χ1v) is 7.47. The summed E-state index contributed by atoms with van der Waals surface area (Å²) in [6.07, 6.45) is 0. The van der Waals surface area contributed by atoms with Crippen LogP contribution in [0.1, 0.15) is 5.56 Å². The van der Waals surface area contributed by atoms with Crippen LogP contribution in [-0.2, 0) is 16.1 Å². The molecular weight excluding hydrogens is 332 g/mol. The maximum atomic E-state index is 12.0. The van der Waals surface area contributed by atoms with Gasteiger partial charge in [-0.2, -0.15) is 0 Å². The summed E-state index contributed by atoms with van der Waals surface area (Å²) in [5.41, 5.74) is 1.09. The fourth-order valence-electron chi connectivity index (χ4n) is 2.06. The lowest BCUT2D eigenvalue weighted by atomic mass is 10.2. The number of benzene rings is 2. The number of carbonyl (C=O) groups excluding carboxylic acids is 2. The van der Waals surface area contributed by atoms with E-state index in [1.165, 1.54) is 13.2 Å². The van der Waals surface area contributed by atoms with E-state index in [0.29, 0.717) is 22.2 Å². The summed E-state index contributed by atoms with van der Waals surface area (Å²) in [7, 11) is 3.00. The Labute approximate surface area is 144 Å². The molecule has 2 aromatic rings. The molecule has 0 fully saturated rings. The highest BCUT2D eigenvalue weighted by Crippen LogP contribution is 2.27. The molecule has 2 aromatic carbocycles. The highest BCUT2D eigenvalue weighted by Gasteiger charge is 2.16. The van der Waals surface area contributed by atoms with Crippen LogP contribution in [0.4, 0.5) is 5.69 Å². The Kier molecular flexibility index (Phi) is 6.03. The molecule has 0 aliphatic heterocycles. The monoisotopic (exact) mass is 348 g/mol. The molecule has 126 valence electrons. The van der Waals surface area contributed by atoms with Crippen molar-refractivity contribution in [3.8, 4) is 11.5 Å². The number of hydrogen-bond donors (Lipinski definition) is 2. The molecule has 0 radical (unpaired) electrons. The fourth-order valence-corrected chi connectivity index (χ4v) is 2.23. The molecule has 2 N–H and O–H groups in total. The molecule has 24 heavy (non-hydrogen) atoms. The SMILES string of the molecule is COc1ccccc1CNC(=O)C(=O)Nc1cc(Cl)ccc1OC. The van der Waals surface area contributed by atoms with E-state index < -0.39 is 11.8 Å². The van der Waals surface area contributed by atoms with E-state index in [2.05, 4.69) is 10.6 Å². The van der Waals surface area contributed by atoms with E-state index in [4.69, 9.17) is 21.1 Å². The van der Waals surface area contributed by atoms with Crippen LogP contribution >= 0.6 is 11.6 Å². The third-order valence-electron chi connectivity index (χ3n) is 3.25. The van der Waals surface area contributed by atoms with Gasteiger partial charge >= 0.3 is 11.8 Å². The third-order valence-corrected chi connectivity index (χ3v) is 3.48. The molecule has 0 saturated carbocycles. The average molecular weight is 349 g/mol. The van der Waals surface area contributed by atoms with E-state index >= 15 is 0 Å². The first-order chi connectivity index (χ1) is 11.5. The average Bonchev–Trinajstić information content (AvgIpc) is 2.60. The summed E-state index contributed by atoms with van der Waals surface area (Å²) < 4.78 is 10.3. The van der Waals surface area contributed by atoms with Crippen molar-refractivity contribution in [3.05, 3.63) is 53.1 Å². The number of methoxy groups -OCH3 is 2. The first kappa shape index (κ1) is 17.6. The van der Waals surface area contributed by atoms with Gasteiger partial charge in [0.05, 0.1) is 19.9 Å². The van der Waals surface area contributed by atoms with Crippen molar-refractivity contribution in [2.24, 2.45) is 0 Å². The number of ether oxygens (including phenoxy) is 2. The maximum Gasteiger partial charge on any atom is 0.313 e. The fraction of sp³-hybridized carbons (Fsp3) is 0.176. The topological polar surface area (TPSA) is 76.7 Å². The molecule has 2 rings (SSSR count). The summed E-state index contributed by atoms with van der Waals surface area (Å²) in [5, 5.41) is 5.43. The molecule has 0 spiro atoms. The predicted molar refractivity (Wildman–Crippen MR) is 91.5 cm³/mol. The van der Waals surface area contributed by atoms with Crippen molar-refractivity contribution in [3.63, 3.8) is 0 Å². The molecule has 0 atom stereocenters. The zero-order chi connectivity index (χ0) is 17.5.